The molecule has 0 spiro atoms. The highest BCUT2D eigenvalue weighted by molar-refractivity contribution is 7.99. The molecule has 6 aromatic rings. The Morgan fingerprint density at radius 3 is 1.64 bits per heavy atom. The third-order valence-corrected chi connectivity index (χ3v) is 10.2. The highest BCUT2D eigenvalue weighted by atomic mass is 32.2. The maximum absolute atomic E-state index is 9.00. The van der Waals surface area contributed by atoms with Crippen LogP contribution in [0, 0.1) is 20.6 Å². The van der Waals surface area contributed by atoms with Crippen LogP contribution in [0.5, 0.6) is 23.0 Å². The van der Waals surface area contributed by atoms with Crippen molar-refractivity contribution < 1.29 is 24.6 Å². The summed E-state index contributed by atoms with van der Waals surface area (Å²) in [6.07, 6.45) is -2.06. The molecule has 0 saturated carbocycles. The second kappa shape index (κ2) is 11.2. The average molecular weight is 632 g/mol. The van der Waals surface area contributed by atoms with Gasteiger partial charge >= 0.3 is 0 Å². The van der Waals surface area contributed by atoms with Crippen LogP contribution >= 0.6 is 23.5 Å². The molecular formula is C41H32O2S2. The van der Waals surface area contributed by atoms with Gasteiger partial charge in [-0.25, -0.2) is 0 Å². The summed E-state index contributed by atoms with van der Waals surface area (Å²) in [5.74, 6) is 1.69. The Morgan fingerprint density at radius 2 is 1.07 bits per heavy atom. The first kappa shape index (κ1) is 18.6. The van der Waals surface area contributed by atoms with E-state index >= 15 is 0 Å². The van der Waals surface area contributed by atoms with Gasteiger partial charge in [0.25, 0.3) is 0 Å². The summed E-state index contributed by atoms with van der Waals surface area (Å²) in [5.41, 5.74) is -0.423. The summed E-state index contributed by atoms with van der Waals surface area (Å²) in [7, 11) is 0. The zero-order chi connectivity index (χ0) is 39.9. The van der Waals surface area contributed by atoms with Gasteiger partial charge in [-0.15, -0.1) is 0 Å². The topological polar surface area (TPSA) is 18.5 Å². The van der Waals surface area contributed by atoms with E-state index in [2.05, 4.69) is 0 Å². The summed E-state index contributed by atoms with van der Waals surface area (Å²) in [5, 5.41) is 0. The van der Waals surface area contributed by atoms with Gasteiger partial charge < -0.3 is 9.47 Å². The van der Waals surface area contributed by atoms with Crippen LogP contribution < -0.4 is 9.47 Å². The van der Waals surface area contributed by atoms with Gasteiger partial charge in [0, 0.05) is 26.2 Å². The normalized spacial score (nSPS) is 17.5. The maximum Gasteiger partial charge on any atom is 0.149 e. The Kier molecular flexibility index (Phi) is 4.62. The first-order valence-corrected chi connectivity index (χ1v) is 16.0. The van der Waals surface area contributed by atoms with Crippen LogP contribution in [-0.4, -0.2) is 0 Å². The van der Waals surface area contributed by atoms with Crippen LogP contribution in [0.25, 0.3) is 33.4 Å². The molecule has 0 fully saturated rings. The second-order valence-electron chi connectivity index (χ2n) is 10.6. The summed E-state index contributed by atoms with van der Waals surface area (Å²) in [4.78, 5) is 3.02. The maximum atomic E-state index is 9.00. The smallest absolute Gasteiger partial charge is 0.149 e. The minimum absolute atomic E-state index is 0.00984. The SMILES string of the molecule is [2H]C([2H])([2H])c1ccc(-c2ccc(C([2H])([2H])C)c(-c3cccc4c3Oc3ccccc3S4)c2C([2H])([2H])[2H])c(C([2H])([2H])[2H])c1-c1cccc2c1Oc1ccccc1S2. The number of hydrogen-bond acceptors (Lipinski definition) is 4. The predicted octanol–water partition coefficient (Wildman–Crippen LogP) is 12.7. The monoisotopic (exact) mass is 631 g/mol. The second-order valence-corrected chi connectivity index (χ2v) is 12.8. The highest BCUT2D eigenvalue weighted by Gasteiger charge is 2.26. The molecule has 0 aliphatic carbocycles. The van der Waals surface area contributed by atoms with Gasteiger partial charge in [0.2, 0.25) is 0 Å². The molecule has 0 radical (unpaired) electrons. The number of fused-ring (bicyclic) bond motifs is 4. The summed E-state index contributed by atoms with van der Waals surface area (Å²) in [6.45, 7) is -7.36. The van der Waals surface area contributed by atoms with E-state index < -0.39 is 26.9 Å². The number of para-hydroxylation sites is 4. The zero-order valence-electron chi connectivity index (χ0n) is 35.0. The molecule has 220 valence electrons. The van der Waals surface area contributed by atoms with Crippen LogP contribution in [0.15, 0.2) is 129 Å². The van der Waals surface area contributed by atoms with Gasteiger partial charge in [-0.2, -0.15) is 0 Å². The van der Waals surface area contributed by atoms with E-state index in [4.69, 9.17) is 24.6 Å². The minimum atomic E-state index is -2.98. The van der Waals surface area contributed by atoms with E-state index in [0.717, 1.165) is 9.79 Å². The highest BCUT2D eigenvalue weighted by Crippen LogP contribution is 2.54. The molecule has 0 amide bonds. The molecule has 0 saturated heterocycles. The van der Waals surface area contributed by atoms with Gasteiger partial charge in [0.1, 0.15) is 23.0 Å². The van der Waals surface area contributed by atoms with Gasteiger partial charge in [-0.1, -0.05) is 103 Å². The lowest BCUT2D eigenvalue weighted by atomic mass is 9.84. The molecular weight excluding hydrogens is 589 g/mol. The fraction of sp³-hybridized carbons (Fsp3) is 0.122. The lowest BCUT2D eigenvalue weighted by Crippen LogP contribution is -2.02. The number of benzene rings is 6. The van der Waals surface area contributed by atoms with Crippen molar-refractivity contribution in [3.05, 3.63) is 131 Å². The largest absolute Gasteiger partial charge is 0.454 e. The Bertz CT molecular complexity index is 2380. The molecule has 8 rings (SSSR count). The van der Waals surface area contributed by atoms with E-state index in [1.54, 1.807) is 42.5 Å². The third kappa shape index (κ3) is 4.67. The van der Waals surface area contributed by atoms with Crippen molar-refractivity contribution >= 4 is 23.5 Å². The Hall–Kier alpha value is -4.38. The fourth-order valence-electron chi connectivity index (χ4n) is 5.91. The molecule has 2 heterocycles. The standard InChI is InChI=1S/C41H32O2S2/c1-5-27-21-23-29(26(4)39(27)31-13-11-19-37-41(31)43-33-15-7-9-17-35(33)45-37)28-22-20-24(2)38(25(28)3)30-12-10-18-36-40(30)42-32-14-6-8-16-34(32)44-36/h6-23H,5H2,1-4H3/i2D3,3D3,4D3,5D2. The minimum Gasteiger partial charge on any atom is -0.454 e. The van der Waals surface area contributed by atoms with E-state index in [-0.39, 0.29) is 55.8 Å². The lowest BCUT2D eigenvalue weighted by molar-refractivity contribution is 0.456. The first-order chi connectivity index (χ1) is 26.3. The Labute approximate surface area is 288 Å². The summed E-state index contributed by atoms with van der Waals surface area (Å²) >= 11 is 2.84. The molecule has 2 aliphatic rings. The molecule has 2 aliphatic heterocycles. The molecule has 0 atom stereocenters. The fourth-order valence-corrected chi connectivity index (χ4v) is 7.88. The Morgan fingerprint density at radius 1 is 0.533 bits per heavy atom. The number of aryl methyl sites for hydroxylation is 2. The van der Waals surface area contributed by atoms with E-state index in [9.17, 15) is 0 Å². The number of rotatable bonds is 4. The average Bonchev–Trinajstić information content (AvgIpc) is 3.13. The predicted molar refractivity (Wildman–Crippen MR) is 188 cm³/mol. The van der Waals surface area contributed by atoms with Crippen molar-refractivity contribution in [2.45, 2.75) is 53.4 Å². The number of hydrogen-bond donors (Lipinski definition) is 0. The summed E-state index contributed by atoms with van der Waals surface area (Å²) < 4.78 is 110. The molecule has 6 aromatic carbocycles. The Balaban J connectivity index is 1.47. The van der Waals surface area contributed by atoms with Crippen LogP contribution in [0.4, 0.5) is 0 Å². The van der Waals surface area contributed by atoms with Crippen molar-refractivity contribution in [3.8, 4) is 56.4 Å². The quantitative estimate of drug-likeness (QED) is 0.192. The van der Waals surface area contributed by atoms with Crippen LogP contribution in [-0.2, 0) is 6.37 Å². The van der Waals surface area contributed by atoms with Gasteiger partial charge in [-0.3, -0.25) is 0 Å². The van der Waals surface area contributed by atoms with Crippen molar-refractivity contribution in [2.75, 3.05) is 0 Å². The van der Waals surface area contributed by atoms with Gasteiger partial charge in [0.05, 0.1) is 19.6 Å². The lowest BCUT2D eigenvalue weighted by Gasteiger charge is -2.26. The number of ether oxygens (including phenoxy) is 2. The molecule has 0 bridgehead atoms. The van der Waals surface area contributed by atoms with Crippen molar-refractivity contribution in [1.29, 1.82) is 0 Å². The molecule has 0 N–H and O–H groups in total. The molecule has 45 heavy (non-hydrogen) atoms. The van der Waals surface area contributed by atoms with Gasteiger partial charge in [-0.05, 0) is 108 Å². The summed E-state index contributed by atoms with van der Waals surface area (Å²) in [6, 6.07) is 30.7. The van der Waals surface area contributed by atoms with Crippen LogP contribution in [0.2, 0.25) is 0 Å². The van der Waals surface area contributed by atoms with Gasteiger partial charge in [0.15, 0.2) is 0 Å². The molecule has 2 nitrogen and oxygen atoms in total. The molecule has 4 heteroatoms. The van der Waals surface area contributed by atoms with Crippen LogP contribution in [0.3, 0.4) is 0 Å². The van der Waals surface area contributed by atoms with E-state index in [1.165, 1.54) is 54.7 Å². The van der Waals surface area contributed by atoms with Crippen molar-refractivity contribution in [2.24, 2.45) is 0 Å². The van der Waals surface area contributed by atoms with Crippen molar-refractivity contribution in [1.82, 2.24) is 0 Å². The van der Waals surface area contributed by atoms with Crippen LogP contribution in [0.1, 0.15) is 44.3 Å². The van der Waals surface area contributed by atoms with Crippen molar-refractivity contribution in [3.63, 3.8) is 0 Å². The zero-order valence-corrected chi connectivity index (χ0v) is 25.7. The molecule has 0 unspecified atom stereocenters. The van der Waals surface area contributed by atoms with E-state index in [1.807, 2.05) is 42.5 Å². The third-order valence-electron chi connectivity index (χ3n) is 8.03. The molecule has 0 aromatic heterocycles. The first-order valence-electron chi connectivity index (χ1n) is 19.8. The van der Waals surface area contributed by atoms with E-state index in [0.29, 0.717) is 32.6 Å².